The Bertz CT molecular complexity index is 3340. The van der Waals surface area contributed by atoms with Crippen molar-refractivity contribution in [3.8, 4) is 11.1 Å². The normalized spacial score (nSPS) is 22.3. The summed E-state index contributed by atoms with van der Waals surface area (Å²) in [6.07, 6.45) is 9.24. The summed E-state index contributed by atoms with van der Waals surface area (Å²) >= 11 is 0. The monoisotopic (exact) mass is 983 g/mol. The summed E-state index contributed by atoms with van der Waals surface area (Å²) in [6.45, 7) is 46.5. The molecule has 2 aliphatic heterocycles. The first-order valence-electron chi connectivity index (χ1n) is 28.8. The van der Waals surface area contributed by atoms with Crippen molar-refractivity contribution in [3.63, 3.8) is 0 Å². The molecule has 0 bridgehead atoms. The average molecular weight is 983 g/mol. The number of nitrogens with zero attached hydrogens (tertiary/aromatic N) is 2. The minimum Gasteiger partial charge on any atom is -0.472 e. The Labute approximate surface area is 447 Å². The maximum absolute atomic E-state index is 7.93. The number of hydrogen-bond donors (Lipinski definition) is 0. The fourth-order valence-corrected chi connectivity index (χ4v) is 15.1. The molecule has 6 aromatic rings. The van der Waals surface area contributed by atoms with Gasteiger partial charge in [-0.3, -0.25) is 0 Å². The molecular weight excluding hydrogens is 896 g/mol. The van der Waals surface area contributed by atoms with Crippen LogP contribution in [-0.2, 0) is 48.7 Å². The Balaban J connectivity index is 1.25. The molecule has 1 aromatic heterocycles. The predicted octanol–water partition coefficient (Wildman–Crippen LogP) is 17.7. The van der Waals surface area contributed by atoms with Crippen molar-refractivity contribution >= 4 is 57.4 Å². The van der Waals surface area contributed by atoms with Crippen molar-refractivity contribution in [1.82, 2.24) is 0 Å². The molecular formula is C70H87BN2O. The minimum absolute atomic E-state index is 0.0244. The van der Waals surface area contributed by atoms with Crippen molar-refractivity contribution in [2.45, 2.75) is 232 Å². The molecule has 0 fully saturated rings. The number of fused-ring (bicyclic) bond motifs is 9. The molecule has 0 spiro atoms. The Hall–Kier alpha value is -4.96. The van der Waals surface area contributed by atoms with Gasteiger partial charge < -0.3 is 14.2 Å². The van der Waals surface area contributed by atoms with Gasteiger partial charge in [0.25, 0.3) is 6.71 Å². The molecule has 4 aliphatic carbocycles. The average Bonchev–Trinajstić information content (AvgIpc) is 3.75. The highest BCUT2D eigenvalue weighted by Gasteiger charge is 2.54. The van der Waals surface area contributed by atoms with Crippen LogP contribution in [0.2, 0.25) is 0 Å². The number of rotatable bonds is 3. The molecule has 386 valence electrons. The highest BCUT2D eigenvalue weighted by Crippen LogP contribution is 2.58. The lowest BCUT2D eigenvalue weighted by atomic mass is 9.35. The fourth-order valence-electron chi connectivity index (χ4n) is 15.1. The van der Waals surface area contributed by atoms with Crippen LogP contribution in [0.5, 0.6) is 0 Å². The van der Waals surface area contributed by atoms with Crippen molar-refractivity contribution < 1.29 is 4.42 Å². The second kappa shape index (κ2) is 15.4. The van der Waals surface area contributed by atoms with Crippen molar-refractivity contribution in [2.24, 2.45) is 0 Å². The molecule has 5 aromatic carbocycles. The van der Waals surface area contributed by atoms with Gasteiger partial charge >= 0.3 is 0 Å². The lowest BCUT2D eigenvalue weighted by Crippen LogP contribution is -2.61. The molecule has 3 nitrogen and oxygen atoms in total. The molecule has 0 atom stereocenters. The number of hydrogen-bond acceptors (Lipinski definition) is 3. The van der Waals surface area contributed by atoms with Gasteiger partial charge in [-0.2, -0.15) is 0 Å². The van der Waals surface area contributed by atoms with Crippen LogP contribution in [0.4, 0.5) is 34.1 Å². The second-order valence-electron chi connectivity index (χ2n) is 30.9. The van der Waals surface area contributed by atoms with E-state index in [0.29, 0.717) is 0 Å². The van der Waals surface area contributed by atoms with E-state index < -0.39 is 0 Å². The van der Waals surface area contributed by atoms with Gasteiger partial charge in [-0.1, -0.05) is 174 Å². The Morgan fingerprint density at radius 1 is 0.405 bits per heavy atom. The summed E-state index contributed by atoms with van der Waals surface area (Å²) in [4.78, 5) is 5.46. The minimum atomic E-state index is -0.125. The van der Waals surface area contributed by atoms with E-state index >= 15 is 0 Å². The first-order valence-corrected chi connectivity index (χ1v) is 28.8. The Kier molecular flexibility index (Phi) is 10.4. The summed E-state index contributed by atoms with van der Waals surface area (Å²) in [7, 11) is 0. The summed E-state index contributed by atoms with van der Waals surface area (Å²) in [5.74, 6) is 1.18. The van der Waals surface area contributed by atoms with Crippen LogP contribution in [0, 0.1) is 0 Å². The number of furan rings is 1. The molecule has 6 aliphatic rings. The highest BCUT2D eigenvalue weighted by molar-refractivity contribution is 6.99. The zero-order valence-corrected chi connectivity index (χ0v) is 49.1. The third kappa shape index (κ3) is 7.24. The first kappa shape index (κ1) is 49.9. The van der Waals surface area contributed by atoms with Crippen LogP contribution in [0.1, 0.15) is 233 Å². The molecule has 0 saturated heterocycles. The first-order chi connectivity index (χ1) is 34.2. The van der Waals surface area contributed by atoms with Gasteiger partial charge in [-0.25, -0.2) is 0 Å². The largest absolute Gasteiger partial charge is 0.472 e. The summed E-state index contributed by atoms with van der Waals surface area (Å²) < 4.78 is 7.93. The quantitative estimate of drug-likeness (QED) is 0.165. The van der Waals surface area contributed by atoms with Crippen molar-refractivity contribution in [1.29, 1.82) is 0 Å². The van der Waals surface area contributed by atoms with Crippen LogP contribution < -0.4 is 26.4 Å². The maximum Gasteiger partial charge on any atom is 0.297 e. The molecule has 0 amide bonds. The lowest BCUT2D eigenvalue weighted by molar-refractivity contribution is 0.282. The number of benzene rings is 5. The van der Waals surface area contributed by atoms with Gasteiger partial charge in [-0.05, 0) is 198 Å². The summed E-state index contributed by atoms with van der Waals surface area (Å²) in [5.41, 5.74) is 25.8. The van der Waals surface area contributed by atoms with E-state index in [1.165, 1.54) is 132 Å². The third-order valence-electron chi connectivity index (χ3n) is 20.8. The van der Waals surface area contributed by atoms with Crippen LogP contribution in [0.25, 0.3) is 11.1 Å². The zero-order chi connectivity index (χ0) is 53.0. The van der Waals surface area contributed by atoms with E-state index in [1.54, 1.807) is 0 Å². The topological polar surface area (TPSA) is 19.6 Å². The van der Waals surface area contributed by atoms with Crippen LogP contribution in [0.3, 0.4) is 0 Å². The molecule has 3 heterocycles. The van der Waals surface area contributed by atoms with Gasteiger partial charge in [0, 0.05) is 39.4 Å². The van der Waals surface area contributed by atoms with Gasteiger partial charge in [0.15, 0.2) is 0 Å². The van der Waals surface area contributed by atoms with E-state index in [-0.39, 0.29) is 55.4 Å². The van der Waals surface area contributed by atoms with E-state index in [9.17, 15) is 0 Å². The SMILES string of the molecule is CC(C)(C)c1ccc(-c2cc3c4c(c2)N(c2ccc5c(c2)C(C)(C)CCC5(C)C)c2c(oc5c2C(C)(C)CCC5(C)C)B4c2cc4c(cc2N3c2ccc3c(c2)C(C)(C)CCC3(C)C)C(C)(C)CCC4(C)C)cc1. The molecule has 12 rings (SSSR count). The lowest BCUT2D eigenvalue weighted by Gasteiger charge is -2.48. The smallest absolute Gasteiger partial charge is 0.297 e. The summed E-state index contributed by atoms with van der Waals surface area (Å²) in [5, 5.41) is 0. The van der Waals surface area contributed by atoms with E-state index in [2.05, 4.69) is 226 Å². The Morgan fingerprint density at radius 2 is 0.824 bits per heavy atom. The van der Waals surface area contributed by atoms with Gasteiger partial charge in [-0.15, -0.1) is 0 Å². The Morgan fingerprint density at radius 3 is 1.32 bits per heavy atom. The van der Waals surface area contributed by atoms with Crippen molar-refractivity contribution in [3.05, 3.63) is 135 Å². The van der Waals surface area contributed by atoms with Crippen LogP contribution in [0.15, 0.2) is 89.3 Å². The molecule has 4 heteroatoms. The fraction of sp³-hybridized carbons (Fsp3) is 0.514. The summed E-state index contributed by atoms with van der Waals surface area (Å²) in [6, 6.07) is 35.3. The van der Waals surface area contributed by atoms with E-state index in [4.69, 9.17) is 4.42 Å². The van der Waals surface area contributed by atoms with Gasteiger partial charge in [0.05, 0.1) is 11.3 Å². The number of anilines is 6. The molecule has 0 saturated carbocycles. The molecule has 0 N–H and O–H groups in total. The molecule has 0 radical (unpaired) electrons. The van der Waals surface area contributed by atoms with E-state index in [0.717, 1.165) is 31.3 Å². The maximum atomic E-state index is 7.93. The van der Waals surface area contributed by atoms with Gasteiger partial charge in [0.1, 0.15) is 5.76 Å². The van der Waals surface area contributed by atoms with Gasteiger partial charge in [0.2, 0.25) is 0 Å². The zero-order valence-electron chi connectivity index (χ0n) is 49.1. The standard InChI is InChI=1S/C70H87BN2O/c1-62(2,3)44-22-20-42(21-23-44)43-36-55-58-56(37-43)73(46-25-27-48-50(39-46)66(10,11)31-29-64(48,6)7)59-57-60(70(18,19)35-34-69(57,16)17)74-61(59)71(58)53-40-51-52(68(14,15)33-32-67(51,12)13)41-54(53)72(55)45-24-26-47-49(38-45)65(8,9)30-28-63(47,4)5/h20-27,36-41H,28-35H2,1-19H3. The second-order valence-corrected chi connectivity index (χ2v) is 30.9. The predicted molar refractivity (Wildman–Crippen MR) is 318 cm³/mol. The van der Waals surface area contributed by atoms with E-state index in [1.807, 2.05) is 0 Å². The third-order valence-corrected chi connectivity index (χ3v) is 20.8. The highest BCUT2D eigenvalue weighted by atomic mass is 16.3. The molecule has 0 unspecified atom stereocenters. The van der Waals surface area contributed by atoms with Crippen molar-refractivity contribution in [2.75, 3.05) is 9.80 Å². The molecule has 74 heavy (non-hydrogen) atoms. The van der Waals surface area contributed by atoms with Crippen LogP contribution >= 0.6 is 0 Å². The van der Waals surface area contributed by atoms with Crippen LogP contribution in [-0.4, -0.2) is 6.71 Å².